The highest BCUT2D eigenvalue weighted by Crippen LogP contribution is 2.27. The fourth-order valence-electron chi connectivity index (χ4n) is 1.94. The van der Waals surface area contributed by atoms with Gasteiger partial charge in [0.1, 0.15) is 0 Å². The molecule has 0 fully saturated rings. The first-order valence-corrected chi connectivity index (χ1v) is 5.35. The molecule has 0 aliphatic rings. The molecule has 3 heteroatoms. The van der Waals surface area contributed by atoms with Gasteiger partial charge in [-0.1, -0.05) is 25.1 Å². The summed E-state index contributed by atoms with van der Waals surface area (Å²) in [5, 5.41) is 1.18. The summed E-state index contributed by atoms with van der Waals surface area (Å²) in [6.07, 6.45) is 2.39. The van der Waals surface area contributed by atoms with E-state index >= 15 is 0 Å². The van der Waals surface area contributed by atoms with Gasteiger partial charge in [-0.05, 0) is 17.5 Å². The minimum atomic E-state index is -0.169. The second-order valence-electron chi connectivity index (χ2n) is 3.97. The van der Waals surface area contributed by atoms with Crippen molar-refractivity contribution in [3.8, 4) is 0 Å². The summed E-state index contributed by atoms with van der Waals surface area (Å²) < 4.78 is 4.68. The van der Waals surface area contributed by atoms with Gasteiger partial charge in [0.25, 0.3) is 0 Å². The maximum absolute atomic E-state index is 11.2. The molecule has 0 saturated heterocycles. The van der Waals surface area contributed by atoms with Crippen LogP contribution in [0.1, 0.15) is 24.8 Å². The Morgan fingerprint density at radius 2 is 2.19 bits per heavy atom. The molecule has 84 valence electrons. The Balaban J connectivity index is 2.29. The van der Waals surface area contributed by atoms with E-state index in [1.165, 1.54) is 18.1 Å². The molecule has 0 saturated carbocycles. The third-order valence-electron chi connectivity index (χ3n) is 2.85. The van der Waals surface area contributed by atoms with Gasteiger partial charge < -0.3 is 9.72 Å². The Morgan fingerprint density at radius 1 is 1.44 bits per heavy atom. The van der Waals surface area contributed by atoms with Gasteiger partial charge in [-0.3, -0.25) is 4.79 Å². The molecule has 2 aromatic rings. The van der Waals surface area contributed by atoms with Crippen LogP contribution in [0.2, 0.25) is 0 Å². The average molecular weight is 217 g/mol. The molecule has 1 aromatic carbocycles. The van der Waals surface area contributed by atoms with Crippen LogP contribution < -0.4 is 0 Å². The van der Waals surface area contributed by atoms with Gasteiger partial charge in [0.2, 0.25) is 0 Å². The number of methoxy groups -OCH3 is 1. The van der Waals surface area contributed by atoms with E-state index in [0.29, 0.717) is 6.42 Å². The molecule has 0 aliphatic carbocycles. The summed E-state index contributed by atoms with van der Waals surface area (Å²) in [4.78, 5) is 14.4. The molecule has 2 rings (SSSR count). The van der Waals surface area contributed by atoms with Gasteiger partial charge in [-0.15, -0.1) is 0 Å². The fraction of sp³-hybridized carbons (Fsp3) is 0.308. The predicted molar refractivity (Wildman–Crippen MR) is 63.3 cm³/mol. The standard InChI is InChI=1S/C13H15NO2/c1-9(7-13(15)16-2)11-8-14-12-6-4-3-5-10(11)12/h3-6,8-9,14H,7H2,1-2H3/t9-/m0/s1. The van der Waals surface area contributed by atoms with Crippen LogP contribution in [0.15, 0.2) is 30.5 Å². The fourth-order valence-corrected chi connectivity index (χ4v) is 1.94. The van der Waals surface area contributed by atoms with Crippen LogP contribution in [0, 0.1) is 0 Å². The van der Waals surface area contributed by atoms with Crippen LogP contribution in [0.3, 0.4) is 0 Å². The molecule has 1 heterocycles. The normalized spacial score (nSPS) is 12.6. The van der Waals surface area contributed by atoms with E-state index in [1.807, 2.05) is 31.3 Å². The number of nitrogens with one attached hydrogen (secondary N) is 1. The summed E-state index contributed by atoms with van der Waals surface area (Å²) in [5.41, 5.74) is 2.27. The summed E-state index contributed by atoms with van der Waals surface area (Å²) in [6.45, 7) is 2.03. The van der Waals surface area contributed by atoms with Gasteiger partial charge >= 0.3 is 5.97 Å². The largest absolute Gasteiger partial charge is 0.469 e. The summed E-state index contributed by atoms with van der Waals surface area (Å²) in [6, 6.07) is 8.09. The van der Waals surface area contributed by atoms with Crippen LogP contribution in [0.25, 0.3) is 10.9 Å². The van der Waals surface area contributed by atoms with Crippen LogP contribution in [0.5, 0.6) is 0 Å². The van der Waals surface area contributed by atoms with Crippen LogP contribution in [0.4, 0.5) is 0 Å². The van der Waals surface area contributed by atoms with Crippen molar-refractivity contribution in [3.63, 3.8) is 0 Å². The molecule has 0 radical (unpaired) electrons. The number of carbonyl (C=O) groups excluding carboxylic acids is 1. The van der Waals surface area contributed by atoms with E-state index in [4.69, 9.17) is 0 Å². The van der Waals surface area contributed by atoms with Crippen molar-refractivity contribution < 1.29 is 9.53 Å². The Hall–Kier alpha value is -1.77. The van der Waals surface area contributed by atoms with E-state index in [9.17, 15) is 4.79 Å². The average Bonchev–Trinajstić information content (AvgIpc) is 2.72. The monoisotopic (exact) mass is 217 g/mol. The number of H-pyrrole nitrogens is 1. The number of ether oxygens (including phenoxy) is 1. The van der Waals surface area contributed by atoms with Crippen LogP contribution >= 0.6 is 0 Å². The maximum atomic E-state index is 11.2. The number of hydrogen-bond donors (Lipinski definition) is 1. The Labute approximate surface area is 94.4 Å². The molecular formula is C13H15NO2. The van der Waals surface area contributed by atoms with Gasteiger partial charge in [-0.25, -0.2) is 0 Å². The number of aromatic nitrogens is 1. The van der Waals surface area contributed by atoms with Crippen molar-refractivity contribution in [2.45, 2.75) is 19.3 Å². The number of fused-ring (bicyclic) bond motifs is 1. The Morgan fingerprint density at radius 3 is 2.94 bits per heavy atom. The summed E-state index contributed by atoms with van der Waals surface area (Å²) in [7, 11) is 1.42. The minimum Gasteiger partial charge on any atom is -0.469 e. The lowest BCUT2D eigenvalue weighted by Crippen LogP contribution is -2.05. The van der Waals surface area contributed by atoms with Crippen molar-refractivity contribution in [3.05, 3.63) is 36.0 Å². The van der Waals surface area contributed by atoms with E-state index in [-0.39, 0.29) is 11.9 Å². The van der Waals surface area contributed by atoms with Crippen molar-refractivity contribution in [2.24, 2.45) is 0 Å². The molecule has 0 aliphatic heterocycles. The SMILES string of the molecule is COC(=O)C[C@H](C)c1c[nH]c2ccccc12. The zero-order valence-corrected chi connectivity index (χ0v) is 9.49. The number of benzene rings is 1. The number of aromatic amines is 1. The lowest BCUT2D eigenvalue weighted by Gasteiger charge is -2.08. The summed E-state index contributed by atoms with van der Waals surface area (Å²) >= 11 is 0. The third kappa shape index (κ3) is 1.94. The highest BCUT2D eigenvalue weighted by Gasteiger charge is 2.14. The number of esters is 1. The Bertz CT molecular complexity index is 501. The second kappa shape index (κ2) is 4.39. The molecular weight excluding hydrogens is 202 g/mol. The van der Waals surface area contributed by atoms with Crippen LogP contribution in [-0.2, 0) is 9.53 Å². The quantitative estimate of drug-likeness (QED) is 0.803. The first-order chi connectivity index (χ1) is 7.72. The summed E-state index contributed by atoms with van der Waals surface area (Å²) in [5.74, 6) is 0.00128. The van der Waals surface area contributed by atoms with Crippen molar-refractivity contribution >= 4 is 16.9 Å². The predicted octanol–water partition coefficient (Wildman–Crippen LogP) is 2.83. The molecule has 0 amide bonds. The minimum absolute atomic E-state index is 0.169. The zero-order valence-electron chi connectivity index (χ0n) is 9.49. The molecule has 1 atom stereocenters. The highest BCUT2D eigenvalue weighted by molar-refractivity contribution is 5.84. The molecule has 1 N–H and O–H groups in total. The smallest absolute Gasteiger partial charge is 0.306 e. The van der Waals surface area contributed by atoms with E-state index in [0.717, 1.165) is 5.52 Å². The topological polar surface area (TPSA) is 42.1 Å². The van der Waals surface area contributed by atoms with Gasteiger partial charge in [-0.2, -0.15) is 0 Å². The molecule has 3 nitrogen and oxygen atoms in total. The molecule has 16 heavy (non-hydrogen) atoms. The van der Waals surface area contributed by atoms with E-state index < -0.39 is 0 Å². The van der Waals surface area contributed by atoms with E-state index in [2.05, 4.69) is 15.8 Å². The number of carbonyl (C=O) groups is 1. The van der Waals surface area contributed by atoms with Crippen molar-refractivity contribution in [1.82, 2.24) is 4.98 Å². The first-order valence-electron chi connectivity index (χ1n) is 5.35. The molecule has 1 aromatic heterocycles. The first kappa shape index (κ1) is 10.7. The number of para-hydroxylation sites is 1. The van der Waals surface area contributed by atoms with Gasteiger partial charge in [0.05, 0.1) is 13.5 Å². The van der Waals surface area contributed by atoms with Crippen LogP contribution in [-0.4, -0.2) is 18.1 Å². The number of rotatable bonds is 3. The Kier molecular flexibility index (Phi) is 2.95. The van der Waals surface area contributed by atoms with Crippen molar-refractivity contribution in [1.29, 1.82) is 0 Å². The zero-order chi connectivity index (χ0) is 11.5. The van der Waals surface area contributed by atoms with E-state index in [1.54, 1.807) is 0 Å². The van der Waals surface area contributed by atoms with Gasteiger partial charge in [0.15, 0.2) is 0 Å². The molecule has 0 spiro atoms. The second-order valence-corrected chi connectivity index (χ2v) is 3.97. The maximum Gasteiger partial charge on any atom is 0.306 e. The van der Waals surface area contributed by atoms with Crippen molar-refractivity contribution in [2.75, 3.05) is 7.11 Å². The lowest BCUT2D eigenvalue weighted by molar-refractivity contribution is -0.140. The van der Waals surface area contributed by atoms with Gasteiger partial charge in [0, 0.05) is 17.1 Å². The molecule has 0 unspecified atom stereocenters. The third-order valence-corrected chi connectivity index (χ3v) is 2.85. The highest BCUT2D eigenvalue weighted by atomic mass is 16.5. The number of hydrogen-bond acceptors (Lipinski definition) is 2. The lowest BCUT2D eigenvalue weighted by atomic mass is 9.97. The molecule has 0 bridgehead atoms.